The van der Waals surface area contributed by atoms with Gasteiger partial charge in [0.15, 0.2) is 0 Å². The van der Waals surface area contributed by atoms with Crippen LogP contribution in [0.5, 0.6) is 0 Å². The second-order valence-electron chi connectivity index (χ2n) is 5.66. The van der Waals surface area contributed by atoms with Gasteiger partial charge in [0.1, 0.15) is 5.69 Å². The second-order valence-corrected chi connectivity index (χ2v) is 5.66. The van der Waals surface area contributed by atoms with Crippen molar-refractivity contribution in [3.63, 3.8) is 0 Å². The van der Waals surface area contributed by atoms with Crippen molar-refractivity contribution in [3.8, 4) is 0 Å². The molecule has 1 aromatic rings. The fourth-order valence-corrected chi connectivity index (χ4v) is 2.40. The SMILES string of the molecule is CCCNC(=O)c1ccnc(C(=O)N2CCC(C)CC2)c1. The Morgan fingerprint density at radius 3 is 2.76 bits per heavy atom. The zero-order valence-electron chi connectivity index (χ0n) is 12.8. The van der Waals surface area contributed by atoms with Crippen molar-refractivity contribution in [2.75, 3.05) is 19.6 Å². The van der Waals surface area contributed by atoms with Crippen molar-refractivity contribution in [1.29, 1.82) is 0 Å². The molecule has 0 aromatic carbocycles. The molecule has 1 aliphatic heterocycles. The molecule has 114 valence electrons. The Kier molecular flexibility index (Phi) is 5.31. The summed E-state index contributed by atoms with van der Waals surface area (Å²) in [6.45, 7) is 6.38. The van der Waals surface area contributed by atoms with Gasteiger partial charge in [-0.25, -0.2) is 0 Å². The van der Waals surface area contributed by atoms with Crippen LogP contribution in [0, 0.1) is 5.92 Å². The van der Waals surface area contributed by atoms with Crippen LogP contribution in [0.3, 0.4) is 0 Å². The molecule has 1 aliphatic rings. The van der Waals surface area contributed by atoms with Gasteiger partial charge in [0.05, 0.1) is 0 Å². The van der Waals surface area contributed by atoms with E-state index in [0.29, 0.717) is 23.7 Å². The average Bonchev–Trinajstić information content (AvgIpc) is 2.52. The lowest BCUT2D eigenvalue weighted by Crippen LogP contribution is -2.38. The minimum Gasteiger partial charge on any atom is -0.352 e. The standard InChI is InChI=1S/C16H23N3O2/c1-3-7-18-15(20)13-4-8-17-14(11-13)16(21)19-9-5-12(2)6-10-19/h4,8,11-12H,3,5-7,9-10H2,1-2H3,(H,18,20). The van der Waals surface area contributed by atoms with E-state index in [1.165, 1.54) is 6.20 Å². The molecule has 0 spiro atoms. The molecule has 0 bridgehead atoms. The lowest BCUT2D eigenvalue weighted by atomic mass is 9.99. The molecule has 0 saturated carbocycles. The summed E-state index contributed by atoms with van der Waals surface area (Å²) in [5.41, 5.74) is 0.848. The summed E-state index contributed by atoms with van der Waals surface area (Å²) < 4.78 is 0. The maximum atomic E-state index is 12.4. The van der Waals surface area contributed by atoms with Crippen molar-refractivity contribution in [2.24, 2.45) is 5.92 Å². The van der Waals surface area contributed by atoms with E-state index in [0.717, 1.165) is 32.4 Å². The van der Waals surface area contributed by atoms with Gasteiger partial charge in [0, 0.05) is 31.4 Å². The number of aromatic nitrogens is 1. The number of pyridine rings is 1. The normalized spacial score (nSPS) is 15.8. The first kappa shape index (κ1) is 15.5. The number of rotatable bonds is 4. The minimum absolute atomic E-state index is 0.0768. The molecule has 2 rings (SSSR count). The fourth-order valence-electron chi connectivity index (χ4n) is 2.40. The Morgan fingerprint density at radius 2 is 2.10 bits per heavy atom. The van der Waals surface area contributed by atoms with Gasteiger partial charge in [0.25, 0.3) is 11.8 Å². The first-order valence-electron chi connectivity index (χ1n) is 7.65. The molecule has 2 amide bonds. The summed E-state index contributed by atoms with van der Waals surface area (Å²) in [4.78, 5) is 30.3. The maximum Gasteiger partial charge on any atom is 0.272 e. The molecule has 1 N–H and O–H groups in total. The topological polar surface area (TPSA) is 62.3 Å². The van der Waals surface area contributed by atoms with Gasteiger partial charge < -0.3 is 10.2 Å². The van der Waals surface area contributed by atoms with Crippen LogP contribution in [0.25, 0.3) is 0 Å². The molecular formula is C16H23N3O2. The molecule has 2 heterocycles. The summed E-state index contributed by atoms with van der Waals surface area (Å²) in [6.07, 6.45) is 4.47. The van der Waals surface area contributed by atoms with Gasteiger partial charge >= 0.3 is 0 Å². The third-order valence-electron chi connectivity index (χ3n) is 3.85. The van der Waals surface area contributed by atoms with Crippen LogP contribution in [0.15, 0.2) is 18.3 Å². The van der Waals surface area contributed by atoms with Crippen LogP contribution >= 0.6 is 0 Å². The first-order chi connectivity index (χ1) is 10.1. The molecule has 1 saturated heterocycles. The summed E-state index contributed by atoms with van der Waals surface area (Å²) in [7, 11) is 0. The zero-order chi connectivity index (χ0) is 15.2. The molecule has 0 aliphatic carbocycles. The van der Waals surface area contributed by atoms with Gasteiger partial charge in [-0.1, -0.05) is 13.8 Å². The Morgan fingerprint density at radius 1 is 1.38 bits per heavy atom. The van der Waals surface area contributed by atoms with Crippen LogP contribution in [-0.4, -0.2) is 41.3 Å². The fraction of sp³-hybridized carbons (Fsp3) is 0.562. The highest BCUT2D eigenvalue weighted by Crippen LogP contribution is 2.17. The Labute approximate surface area is 125 Å². The summed E-state index contributed by atoms with van der Waals surface area (Å²) >= 11 is 0. The Balaban J connectivity index is 2.06. The number of nitrogens with zero attached hydrogens (tertiary/aromatic N) is 2. The van der Waals surface area contributed by atoms with E-state index in [-0.39, 0.29) is 11.8 Å². The van der Waals surface area contributed by atoms with E-state index in [1.54, 1.807) is 12.1 Å². The van der Waals surface area contributed by atoms with Crippen molar-refractivity contribution < 1.29 is 9.59 Å². The predicted molar refractivity (Wildman–Crippen MR) is 81.2 cm³/mol. The zero-order valence-corrected chi connectivity index (χ0v) is 12.8. The molecule has 21 heavy (non-hydrogen) atoms. The number of carbonyl (C=O) groups is 2. The van der Waals surface area contributed by atoms with Crippen LogP contribution < -0.4 is 5.32 Å². The van der Waals surface area contributed by atoms with Crippen LogP contribution in [0.4, 0.5) is 0 Å². The van der Waals surface area contributed by atoms with Gasteiger partial charge in [-0.15, -0.1) is 0 Å². The first-order valence-corrected chi connectivity index (χ1v) is 7.65. The minimum atomic E-state index is -0.152. The van der Waals surface area contributed by atoms with E-state index in [2.05, 4.69) is 17.2 Å². The van der Waals surface area contributed by atoms with Crippen molar-refractivity contribution in [1.82, 2.24) is 15.2 Å². The van der Waals surface area contributed by atoms with E-state index in [9.17, 15) is 9.59 Å². The smallest absolute Gasteiger partial charge is 0.272 e. The average molecular weight is 289 g/mol. The quantitative estimate of drug-likeness (QED) is 0.923. The lowest BCUT2D eigenvalue weighted by Gasteiger charge is -2.30. The van der Waals surface area contributed by atoms with Gasteiger partial charge in [0.2, 0.25) is 0 Å². The molecule has 1 aromatic heterocycles. The summed E-state index contributed by atoms with van der Waals surface area (Å²) in [5.74, 6) is 0.445. The summed E-state index contributed by atoms with van der Waals surface area (Å²) in [6, 6.07) is 3.23. The van der Waals surface area contributed by atoms with Gasteiger partial charge in [-0.2, -0.15) is 0 Å². The maximum absolute atomic E-state index is 12.4. The Bertz CT molecular complexity index is 508. The number of carbonyl (C=O) groups excluding carboxylic acids is 2. The van der Waals surface area contributed by atoms with E-state index in [4.69, 9.17) is 0 Å². The second kappa shape index (κ2) is 7.20. The molecule has 0 unspecified atom stereocenters. The molecule has 5 heteroatoms. The number of nitrogens with one attached hydrogen (secondary N) is 1. The third kappa shape index (κ3) is 4.03. The number of amides is 2. The largest absolute Gasteiger partial charge is 0.352 e. The lowest BCUT2D eigenvalue weighted by molar-refractivity contribution is 0.0691. The number of piperidine rings is 1. The highest BCUT2D eigenvalue weighted by atomic mass is 16.2. The molecule has 1 fully saturated rings. The third-order valence-corrected chi connectivity index (χ3v) is 3.85. The van der Waals surface area contributed by atoms with Crippen LogP contribution in [0.2, 0.25) is 0 Å². The summed E-state index contributed by atoms with van der Waals surface area (Å²) in [5, 5.41) is 2.81. The predicted octanol–water partition coefficient (Wildman–Crippen LogP) is 2.09. The van der Waals surface area contributed by atoms with Gasteiger partial charge in [-0.05, 0) is 37.3 Å². The van der Waals surface area contributed by atoms with E-state index >= 15 is 0 Å². The number of likely N-dealkylation sites (tertiary alicyclic amines) is 1. The highest BCUT2D eigenvalue weighted by Gasteiger charge is 2.22. The van der Waals surface area contributed by atoms with Crippen molar-refractivity contribution in [2.45, 2.75) is 33.1 Å². The van der Waals surface area contributed by atoms with E-state index in [1.807, 2.05) is 11.8 Å². The monoisotopic (exact) mass is 289 g/mol. The molecule has 0 atom stereocenters. The Hall–Kier alpha value is -1.91. The highest BCUT2D eigenvalue weighted by molar-refractivity contribution is 5.98. The number of hydrogen-bond acceptors (Lipinski definition) is 3. The number of hydrogen-bond donors (Lipinski definition) is 1. The molecule has 0 radical (unpaired) electrons. The van der Waals surface area contributed by atoms with Crippen molar-refractivity contribution in [3.05, 3.63) is 29.6 Å². The van der Waals surface area contributed by atoms with E-state index < -0.39 is 0 Å². The van der Waals surface area contributed by atoms with Crippen LogP contribution in [0.1, 0.15) is 54.0 Å². The molecule has 5 nitrogen and oxygen atoms in total. The van der Waals surface area contributed by atoms with Crippen molar-refractivity contribution >= 4 is 11.8 Å². The van der Waals surface area contributed by atoms with Gasteiger partial charge in [-0.3, -0.25) is 14.6 Å². The van der Waals surface area contributed by atoms with Crippen LogP contribution in [-0.2, 0) is 0 Å². The molecular weight excluding hydrogens is 266 g/mol.